The number of nitrogens with one attached hydrogen (secondary N) is 1. The summed E-state index contributed by atoms with van der Waals surface area (Å²) in [6.45, 7) is 9.77. The SMILES string of the molecule is CCNC(=NCCN1CCc2ccccc2C1)N(C)Cc1csc(C)n1. The number of thiazole rings is 1. The van der Waals surface area contributed by atoms with Crippen molar-refractivity contribution in [1.82, 2.24) is 20.1 Å². The van der Waals surface area contributed by atoms with Gasteiger partial charge >= 0.3 is 0 Å². The monoisotopic (exact) mass is 371 g/mol. The summed E-state index contributed by atoms with van der Waals surface area (Å²) in [4.78, 5) is 14.0. The predicted molar refractivity (Wildman–Crippen MR) is 110 cm³/mol. The van der Waals surface area contributed by atoms with Gasteiger partial charge in [0.15, 0.2) is 5.96 Å². The van der Waals surface area contributed by atoms with Crippen molar-refractivity contribution in [3.05, 3.63) is 51.5 Å². The number of benzene rings is 1. The summed E-state index contributed by atoms with van der Waals surface area (Å²) in [6.07, 6.45) is 1.14. The van der Waals surface area contributed by atoms with E-state index in [-0.39, 0.29) is 0 Å². The van der Waals surface area contributed by atoms with Gasteiger partial charge in [-0.05, 0) is 31.4 Å². The number of aromatic nitrogens is 1. The van der Waals surface area contributed by atoms with Crippen LogP contribution >= 0.6 is 11.3 Å². The highest BCUT2D eigenvalue weighted by Crippen LogP contribution is 2.18. The lowest BCUT2D eigenvalue weighted by molar-refractivity contribution is 0.261. The number of hydrogen-bond donors (Lipinski definition) is 1. The molecule has 0 saturated heterocycles. The lowest BCUT2D eigenvalue weighted by Crippen LogP contribution is -2.39. The molecule has 0 atom stereocenters. The van der Waals surface area contributed by atoms with E-state index < -0.39 is 0 Å². The van der Waals surface area contributed by atoms with E-state index >= 15 is 0 Å². The number of guanidine groups is 1. The fourth-order valence-electron chi connectivity index (χ4n) is 3.31. The molecule has 140 valence electrons. The molecule has 6 heteroatoms. The summed E-state index contributed by atoms with van der Waals surface area (Å²) in [5.74, 6) is 0.954. The lowest BCUT2D eigenvalue weighted by Gasteiger charge is -2.28. The molecule has 0 bridgehead atoms. The molecule has 1 aliphatic rings. The van der Waals surface area contributed by atoms with Gasteiger partial charge in [0.2, 0.25) is 0 Å². The molecular weight excluding hydrogens is 342 g/mol. The Morgan fingerprint density at radius 3 is 2.88 bits per heavy atom. The Hall–Kier alpha value is -1.92. The number of hydrogen-bond acceptors (Lipinski definition) is 4. The molecule has 5 nitrogen and oxygen atoms in total. The fraction of sp³-hybridized carbons (Fsp3) is 0.500. The highest BCUT2D eigenvalue weighted by Gasteiger charge is 2.15. The second-order valence-corrected chi connectivity index (χ2v) is 7.81. The topological polar surface area (TPSA) is 43.8 Å². The molecule has 1 aliphatic heterocycles. The summed E-state index contributed by atoms with van der Waals surface area (Å²) in [5, 5.41) is 6.63. The van der Waals surface area contributed by atoms with Crippen LogP contribution < -0.4 is 5.32 Å². The zero-order chi connectivity index (χ0) is 18.4. The standard InChI is InChI=1S/C20H29N5S/c1-4-21-20(24(3)14-19-15-26-16(2)23-19)22-10-12-25-11-9-17-7-5-6-8-18(17)13-25/h5-8,15H,4,9-14H2,1-3H3,(H,21,22). The molecule has 0 spiro atoms. The Morgan fingerprint density at radius 1 is 1.35 bits per heavy atom. The third-order valence-corrected chi connectivity index (χ3v) is 5.47. The van der Waals surface area contributed by atoms with Gasteiger partial charge in [-0.1, -0.05) is 24.3 Å². The molecule has 0 unspecified atom stereocenters. The van der Waals surface area contributed by atoms with Crippen LogP contribution in [0.4, 0.5) is 0 Å². The third-order valence-electron chi connectivity index (χ3n) is 4.65. The van der Waals surface area contributed by atoms with Crippen molar-refractivity contribution in [3.8, 4) is 0 Å². The molecule has 1 N–H and O–H groups in total. The van der Waals surface area contributed by atoms with Gasteiger partial charge in [0, 0.05) is 38.6 Å². The highest BCUT2D eigenvalue weighted by molar-refractivity contribution is 7.09. The first kappa shape index (κ1) is 18.9. The molecule has 0 saturated carbocycles. The number of rotatable bonds is 6. The van der Waals surface area contributed by atoms with E-state index in [0.29, 0.717) is 0 Å². The van der Waals surface area contributed by atoms with E-state index in [1.807, 2.05) is 6.92 Å². The average Bonchev–Trinajstić information content (AvgIpc) is 3.05. The minimum absolute atomic E-state index is 0.785. The smallest absolute Gasteiger partial charge is 0.194 e. The van der Waals surface area contributed by atoms with Crippen LogP contribution in [0.25, 0.3) is 0 Å². The van der Waals surface area contributed by atoms with Crippen molar-refractivity contribution in [2.24, 2.45) is 4.99 Å². The molecule has 0 fully saturated rings. The summed E-state index contributed by atoms with van der Waals surface area (Å²) in [7, 11) is 2.08. The molecule has 2 heterocycles. The summed E-state index contributed by atoms with van der Waals surface area (Å²) in [5.41, 5.74) is 4.07. The van der Waals surface area contributed by atoms with E-state index in [4.69, 9.17) is 4.99 Å². The van der Waals surface area contributed by atoms with E-state index in [1.165, 1.54) is 11.1 Å². The van der Waals surface area contributed by atoms with Crippen molar-refractivity contribution < 1.29 is 0 Å². The van der Waals surface area contributed by atoms with Gasteiger partial charge in [-0.15, -0.1) is 11.3 Å². The summed E-state index contributed by atoms with van der Waals surface area (Å²) >= 11 is 1.70. The van der Waals surface area contributed by atoms with Crippen LogP contribution in [0.15, 0.2) is 34.6 Å². The van der Waals surface area contributed by atoms with Crippen LogP contribution in [-0.2, 0) is 19.5 Å². The number of aryl methyl sites for hydroxylation is 1. The quantitative estimate of drug-likeness (QED) is 0.626. The van der Waals surface area contributed by atoms with Gasteiger partial charge in [-0.25, -0.2) is 4.98 Å². The van der Waals surface area contributed by atoms with Gasteiger partial charge in [0.05, 0.1) is 23.8 Å². The minimum atomic E-state index is 0.785. The minimum Gasteiger partial charge on any atom is -0.357 e. The Labute approximate surface area is 160 Å². The third kappa shape index (κ3) is 5.05. The normalized spacial score (nSPS) is 15.0. The fourth-order valence-corrected chi connectivity index (χ4v) is 3.91. The molecule has 2 aromatic rings. The average molecular weight is 372 g/mol. The van der Waals surface area contributed by atoms with Crippen LogP contribution in [-0.4, -0.2) is 54.0 Å². The van der Waals surface area contributed by atoms with Crippen LogP contribution in [0.5, 0.6) is 0 Å². The molecule has 1 aromatic carbocycles. The Balaban J connectivity index is 1.54. The second kappa shape index (κ2) is 9.14. The van der Waals surface area contributed by atoms with Gasteiger partial charge < -0.3 is 10.2 Å². The first-order valence-electron chi connectivity index (χ1n) is 9.35. The van der Waals surface area contributed by atoms with E-state index in [9.17, 15) is 0 Å². The number of fused-ring (bicyclic) bond motifs is 1. The zero-order valence-electron chi connectivity index (χ0n) is 16.0. The van der Waals surface area contributed by atoms with Crippen molar-refractivity contribution >= 4 is 17.3 Å². The second-order valence-electron chi connectivity index (χ2n) is 6.74. The molecular formula is C20H29N5S. The van der Waals surface area contributed by atoms with Gasteiger partial charge in [0.25, 0.3) is 0 Å². The highest BCUT2D eigenvalue weighted by atomic mass is 32.1. The Morgan fingerprint density at radius 2 is 2.15 bits per heavy atom. The maximum absolute atomic E-state index is 4.83. The molecule has 0 radical (unpaired) electrons. The van der Waals surface area contributed by atoms with Crippen LogP contribution in [0, 0.1) is 6.92 Å². The lowest BCUT2D eigenvalue weighted by atomic mass is 10.00. The molecule has 3 rings (SSSR count). The van der Waals surface area contributed by atoms with Crippen LogP contribution in [0.1, 0.15) is 28.8 Å². The van der Waals surface area contributed by atoms with Crippen molar-refractivity contribution in [2.45, 2.75) is 33.4 Å². The van der Waals surface area contributed by atoms with Crippen LogP contribution in [0.3, 0.4) is 0 Å². The summed E-state index contributed by atoms with van der Waals surface area (Å²) in [6, 6.07) is 8.78. The molecule has 0 amide bonds. The summed E-state index contributed by atoms with van der Waals surface area (Å²) < 4.78 is 0. The molecule has 1 aromatic heterocycles. The molecule has 26 heavy (non-hydrogen) atoms. The zero-order valence-corrected chi connectivity index (χ0v) is 16.9. The van der Waals surface area contributed by atoms with E-state index in [1.54, 1.807) is 11.3 Å². The van der Waals surface area contributed by atoms with Crippen LogP contribution in [0.2, 0.25) is 0 Å². The van der Waals surface area contributed by atoms with E-state index in [2.05, 4.69) is 63.7 Å². The Bertz CT molecular complexity index is 739. The Kier molecular flexibility index (Phi) is 6.63. The van der Waals surface area contributed by atoms with E-state index in [0.717, 1.165) is 62.4 Å². The van der Waals surface area contributed by atoms with Crippen molar-refractivity contribution in [3.63, 3.8) is 0 Å². The van der Waals surface area contributed by atoms with Crippen molar-refractivity contribution in [1.29, 1.82) is 0 Å². The maximum atomic E-state index is 4.83. The van der Waals surface area contributed by atoms with Gasteiger partial charge in [0.1, 0.15) is 0 Å². The number of nitrogens with zero attached hydrogens (tertiary/aromatic N) is 4. The van der Waals surface area contributed by atoms with Gasteiger partial charge in [-0.3, -0.25) is 9.89 Å². The van der Waals surface area contributed by atoms with Crippen molar-refractivity contribution in [2.75, 3.05) is 33.2 Å². The first-order valence-corrected chi connectivity index (χ1v) is 10.2. The largest absolute Gasteiger partial charge is 0.357 e. The maximum Gasteiger partial charge on any atom is 0.194 e. The molecule has 0 aliphatic carbocycles. The number of aliphatic imine (C=N–C) groups is 1. The van der Waals surface area contributed by atoms with Gasteiger partial charge in [-0.2, -0.15) is 0 Å². The first-order chi connectivity index (χ1) is 12.7. The predicted octanol–water partition coefficient (Wildman–Crippen LogP) is 2.91.